The highest BCUT2D eigenvalue weighted by atomic mass is 19.4. The molecule has 23 heavy (non-hydrogen) atoms. The Labute approximate surface area is 132 Å². The Kier molecular flexibility index (Phi) is 5.84. The minimum absolute atomic E-state index is 0.00117. The third kappa shape index (κ3) is 6.07. The van der Waals surface area contributed by atoms with Gasteiger partial charge in [0.1, 0.15) is 5.75 Å². The SMILES string of the molecule is CN(Cc1ccc(OC(F)(F)F)cc1)C(=O)CC1COCCN1. The van der Waals surface area contributed by atoms with Crippen LogP contribution in [-0.4, -0.2) is 50.0 Å². The predicted octanol–water partition coefficient (Wildman–Crippen LogP) is 1.92. The highest BCUT2D eigenvalue weighted by Gasteiger charge is 2.31. The van der Waals surface area contributed by atoms with E-state index in [1.54, 1.807) is 7.05 Å². The van der Waals surface area contributed by atoms with Crippen molar-refractivity contribution in [2.45, 2.75) is 25.4 Å². The molecule has 1 fully saturated rings. The molecule has 8 heteroatoms. The molecule has 1 atom stereocenters. The van der Waals surface area contributed by atoms with E-state index in [1.165, 1.54) is 29.2 Å². The second kappa shape index (κ2) is 7.65. The van der Waals surface area contributed by atoms with Crippen LogP contribution >= 0.6 is 0 Å². The Hall–Kier alpha value is -1.80. The van der Waals surface area contributed by atoms with Crippen molar-refractivity contribution in [2.24, 2.45) is 0 Å². The van der Waals surface area contributed by atoms with Crippen LogP contribution in [0.1, 0.15) is 12.0 Å². The summed E-state index contributed by atoms with van der Waals surface area (Å²) in [6.07, 6.45) is -4.38. The molecule has 0 bridgehead atoms. The van der Waals surface area contributed by atoms with Gasteiger partial charge in [-0.05, 0) is 17.7 Å². The Morgan fingerprint density at radius 2 is 2.09 bits per heavy atom. The van der Waals surface area contributed by atoms with Crippen LogP contribution in [0.15, 0.2) is 24.3 Å². The lowest BCUT2D eigenvalue weighted by atomic mass is 10.1. The van der Waals surface area contributed by atoms with E-state index >= 15 is 0 Å². The number of benzene rings is 1. The second-order valence-corrected chi connectivity index (χ2v) is 5.37. The zero-order valence-electron chi connectivity index (χ0n) is 12.7. The van der Waals surface area contributed by atoms with Crippen molar-refractivity contribution in [3.8, 4) is 5.75 Å². The van der Waals surface area contributed by atoms with Crippen LogP contribution in [0, 0.1) is 0 Å². The number of nitrogens with one attached hydrogen (secondary N) is 1. The highest BCUT2D eigenvalue weighted by Crippen LogP contribution is 2.23. The maximum atomic E-state index is 12.1. The molecule has 1 aromatic rings. The quantitative estimate of drug-likeness (QED) is 0.895. The molecule has 1 aliphatic rings. The highest BCUT2D eigenvalue weighted by molar-refractivity contribution is 5.76. The molecule has 1 amide bonds. The fourth-order valence-electron chi connectivity index (χ4n) is 2.28. The molecule has 0 aromatic heterocycles. The molecule has 0 saturated carbocycles. The summed E-state index contributed by atoms with van der Waals surface area (Å²) < 4.78 is 45.4. The Bertz CT molecular complexity index is 514. The fraction of sp³-hybridized carbons (Fsp3) is 0.533. The number of nitrogens with zero attached hydrogens (tertiary/aromatic N) is 1. The largest absolute Gasteiger partial charge is 0.573 e. The molecule has 1 heterocycles. The standard InChI is InChI=1S/C15H19F3N2O3/c1-20(14(21)8-12-10-22-7-6-19-12)9-11-2-4-13(5-3-11)23-15(16,17)18/h2-5,12,19H,6-10H2,1H3. The lowest BCUT2D eigenvalue weighted by molar-refractivity contribution is -0.274. The van der Waals surface area contributed by atoms with Crippen molar-refractivity contribution in [1.29, 1.82) is 0 Å². The minimum Gasteiger partial charge on any atom is -0.406 e. The van der Waals surface area contributed by atoms with Gasteiger partial charge in [-0.2, -0.15) is 0 Å². The zero-order valence-corrected chi connectivity index (χ0v) is 12.7. The molecule has 1 aromatic carbocycles. The number of morpholine rings is 1. The van der Waals surface area contributed by atoms with Gasteiger partial charge in [0, 0.05) is 32.6 Å². The van der Waals surface area contributed by atoms with Crippen molar-refractivity contribution < 1.29 is 27.4 Å². The molecule has 2 rings (SSSR count). The number of amides is 1. The van der Waals surface area contributed by atoms with E-state index in [0.29, 0.717) is 26.2 Å². The fourth-order valence-corrected chi connectivity index (χ4v) is 2.28. The maximum Gasteiger partial charge on any atom is 0.573 e. The molecule has 128 valence electrons. The first-order chi connectivity index (χ1) is 10.8. The van der Waals surface area contributed by atoms with E-state index < -0.39 is 6.36 Å². The predicted molar refractivity (Wildman–Crippen MR) is 76.8 cm³/mol. The topological polar surface area (TPSA) is 50.8 Å². The van der Waals surface area contributed by atoms with Crippen molar-refractivity contribution in [2.75, 3.05) is 26.8 Å². The summed E-state index contributed by atoms with van der Waals surface area (Å²) in [6, 6.07) is 5.48. The van der Waals surface area contributed by atoms with Gasteiger partial charge in [-0.15, -0.1) is 13.2 Å². The number of carbonyl (C=O) groups is 1. The van der Waals surface area contributed by atoms with Gasteiger partial charge in [-0.3, -0.25) is 4.79 Å². The van der Waals surface area contributed by atoms with E-state index in [9.17, 15) is 18.0 Å². The number of hydrogen-bond donors (Lipinski definition) is 1. The third-order valence-electron chi connectivity index (χ3n) is 3.42. The summed E-state index contributed by atoms with van der Waals surface area (Å²) in [6.45, 7) is 2.19. The number of hydrogen-bond acceptors (Lipinski definition) is 4. The second-order valence-electron chi connectivity index (χ2n) is 5.37. The smallest absolute Gasteiger partial charge is 0.406 e. The van der Waals surface area contributed by atoms with Gasteiger partial charge in [-0.25, -0.2) is 0 Å². The van der Waals surface area contributed by atoms with Crippen LogP contribution in [0.5, 0.6) is 5.75 Å². The molecule has 0 spiro atoms. The first kappa shape index (κ1) is 17.6. The summed E-state index contributed by atoms with van der Waals surface area (Å²) in [4.78, 5) is 13.7. The van der Waals surface area contributed by atoms with E-state index in [4.69, 9.17) is 4.74 Å². The summed E-state index contributed by atoms with van der Waals surface area (Å²) in [7, 11) is 1.66. The van der Waals surface area contributed by atoms with Gasteiger partial charge in [0.05, 0.1) is 13.2 Å². The Morgan fingerprint density at radius 3 is 2.65 bits per heavy atom. The molecule has 5 nitrogen and oxygen atoms in total. The van der Waals surface area contributed by atoms with E-state index in [-0.39, 0.29) is 17.7 Å². The number of rotatable bonds is 5. The lowest BCUT2D eigenvalue weighted by Crippen LogP contribution is -2.44. The summed E-state index contributed by atoms with van der Waals surface area (Å²) >= 11 is 0. The normalized spacial score (nSPS) is 18.5. The molecular formula is C15H19F3N2O3. The minimum atomic E-state index is -4.71. The van der Waals surface area contributed by atoms with Crippen LogP contribution in [-0.2, 0) is 16.1 Å². The monoisotopic (exact) mass is 332 g/mol. The third-order valence-corrected chi connectivity index (χ3v) is 3.42. The van der Waals surface area contributed by atoms with Gasteiger partial charge in [-0.1, -0.05) is 12.1 Å². The Balaban J connectivity index is 1.84. The zero-order chi connectivity index (χ0) is 16.9. The molecule has 0 aliphatic carbocycles. The van der Waals surface area contributed by atoms with Crippen molar-refractivity contribution in [3.63, 3.8) is 0 Å². The van der Waals surface area contributed by atoms with E-state index in [2.05, 4.69) is 10.1 Å². The van der Waals surface area contributed by atoms with Gasteiger partial charge in [0.15, 0.2) is 0 Å². The van der Waals surface area contributed by atoms with Crippen LogP contribution in [0.3, 0.4) is 0 Å². The Morgan fingerprint density at radius 1 is 1.39 bits per heavy atom. The maximum absolute atomic E-state index is 12.1. The van der Waals surface area contributed by atoms with Gasteiger partial charge in [0.2, 0.25) is 5.91 Å². The summed E-state index contributed by atoms with van der Waals surface area (Å²) in [5, 5.41) is 3.20. The van der Waals surface area contributed by atoms with Crippen LogP contribution in [0.4, 0.5) is 13.2 Å². The van der Waals surface area contributed by atoms with Crippen molar-refractivity contribution in [1.82, 2.24) is 10.2 Å². The van der Waals surface area contributed by atoms with Crippen molar-refractivity contribution >= 4 is 5.91 Å². The number of ether oxygens (including phenoxy) is 2. The van der Waals surface area contributed by atoms with Crippen molar-refractivity contribution in [3.05, 3.63) is 29.8 Å². The van der Waals surface area contributed by atoms with E-state index in [0.717, 1.165) is 12.1 Å². The molecule has 1 aliphatic heterocycles. The average Bonchev–Trinajstić information content (AvgIpc) is 2.48. The van der Waals surface area contributed by atoms with Gasteiger partial charge >= 0.3 is 6.36 Å². The molecule has 1 unspecified atom stereocenters. The number of halogens is 3. The number of alkyl halides is 3. The molecular weight excluding hydrogens is 313 g/mol. The first-order valence-electron chi connectivity index (χ1n) is 7.23. The average molecular weight is 332 g/mol. The summed E-state index contributed by atoms with van der Waals surface area (Å²) in [5.41, 5.74) is 0.725. The lowest BCUT2D eigenvalue weighted by Gasteiger charge is -2.25. The molecule has 0 radical (unpaired) electrons. The van der Waals surface area contributed by atoms with Crippen LogP contribution < -0.4 is 10.1 Å². The van der Waals surface area contributed by atoms with E-state index in [1.807, 2.05) is 0 Å². The van der Waals surface area contributed by atoms with Gasteiger partial charge < -0.3 is 19.7 Å². The molecule has 1 N–H and O–H groups in total. The van der Waals surface area contributed by atoms with Crippen LogP contribution in [0.25, 0.3) is 0 Å². The number of carbonyl (C=O) groups excluding carboxylic acids is 1. The summed E-state index contributed by atoms with van der Waals surface area (Å²) in [5.74, 6) is -0.331. The molecule has 1 saturated heterocycles. The first-order valence-corrected chi connectivity index (χ1v) is 7.23. The van der Waals surface area contributed by atoms with Gasteiger partial charge in [0.25, 0.3) is 0 Å². The van der Waals surface area contributed by atoms with Crippen LogP contribution in [0.2, 0.25) is 0 Å².